The average Bonchev–Trinajstić information content (AvgIpc) is 3.46. The lowest BCUT2D eigenvalue weighted by Gasteiger charge is -2.44. The lowest BCUT2D eigenvalue weighted by Crippen LogP contribution is -2.60. The molecule has 180 valence electrons. The zero-order valence-corrected chi connectivity index (χ0v) is 19.5. The molecule has 0 spiro atoms. The summed E-state index contributed by atoms with van der Waals surface area (Å²) in [5, 5.41) is 4.37. The van der Waals surface area contributed by atoms with Crippen LogP contribution in [0.15, 0.2) is 46.9 Å². The normalized spacial score (nSPS) is 18.7. The van der Waals surface area contributed by atoms with Crippen molar-refractivity contribution in [3.63, 3.8) is 0 Å². The van der Waals surface area contributed by atoms with Gasteiger partial charge in [0.05, 0.1) is 0 Å². The Balaban J connectivity index is 1.14. The van der Waals surface area contributed by atoms with Gasteiger partial charge in [-0.25, -0.2) is 0 Å². The number of aromatic nitrogens is 5. The van der Waals surface area contributed by atoms with Crippen molar-refractivity contribution >= 4 is 23.6 Å². The number of rotatable bonds is 5. The van der Waals surface area contributed by atoms with E-state index in [-0.39, 0.29) is 17.9 Å². The van der Waals surface area contributed by atoms with Gasteiger partial charge in [0.15, 0.2) is 5.76 Å². The minimum Gasteiger partial charge on any atom is -0.458 e. The van der Waals surface area contributed by atoms with E-state index in [1.54, 1.807) is 6.07 Å². The number of carbonyl (C=O) groups excluding carboxylic acids is 1. The van der Waals surface area contributed by atoms with Crippen LogP contribution in [0, 0.1) is 6.92 Å². The molecule has 1 aromatic carbocycles. The minimum absolute atomic E-state index is 0.117. The van der Waals surface area contributed by atoms with E-state index < -0.39 is 0 Å². The molecule has 35 heavy (non-hydrogen) atoms. The first-order valence-electron chi connectivity index (χ1n) is 11.8. The largest absolute Gasteiger partial charge is 0.458 e. The molecule has 11 nitrogen and oxygen atoms in total. The number of nitrogens with two attached hydrogens (primary N) is 1. The molecule has 1 atom stereocenters. The van der Waals surface area contributed by atoms with E-state index in [0.29, 0.717) is 42.9 Å². The second-order valence-corrected chi connectivity index (χ2v) is 9.02. The summed E-state index contributed by atoms with van der Waals surface area (Å²) in [5.74, 6) is 2.70. The Morgan fingerprint density at radius 1 is 1.03 bits per heavy atom. The Morgan fingerprint density at radius 3 is 2.51 bits per heavy atom. The number of benzene rings is 1. The fourth-order valence-electron chi connectivity index (χ4n) is 4.64. The summed E-state index contributed by atoms with van der Waals surface area (Å²) in [6, 6.07) is 13.8. The van der Waals surface area contributed by atoms with Gasteiger partial charge < -0.3 is 20.0 Å². The Morgan fingerprint density at radius 2 is 1.83 bits per heavy atom. The molecule has 0 radical (unpaired) electrons. The van der Waals surface area contributed by atoms with Crippen molar-refractivity contribution in [2.75, 3.05) is 43.4 Å². The molecule has 4 aromatic rings. The highest BCUT2D eigenvalue weighted by Crippen LogP contribution is 2.27. The first-order chi connectivity index (χ1) is 17.0. The predicted octanol–water partition coefficient (Wildman–Crippen LogP) is 1.59. The van der Waals surface area contributed by atoms with Crippen LogP contribution in [0.1, 0.15) is 17.7 Å². The number of amides is 1. The highest BCUT2D eigenvalue weighted by molar-refractivity contribution is 5.86. The smallest absolute Gasteiger partial charge is 0.259 e. The molecule has 3 aromatic heterocycles. The van der Waals surface area contributed by atoms with Gasteiger partial charge in [-0.3, -0.25) is 9.69 Å². The quantitative estimate of drug-likeness (QED) is 0.460. The number of nitrogens with zero attached hydrogens (tertiary/aromatic N) is 8. The Bertz CT molecular complexity index is 1360. The Labute approximate surface area is 202 Å². The maximum Gasteiger partial charge on any atom is 0.259 e. The van der Waals surface area contributed by atoms with Gasteiger partial charge in [-0.15, -0.1) is 5.10 Å². The number of nitrogen functional groups attached to an aromatic ring is 1. The summed E-state index contributed by atoms with van der Waals surface area (Å²) in [4.78, 5) is 33.0. The number of aryl methyl sites for hydroxylation is 1. The van der Waals surface area contributed by atoms with Crippen LogP contribution < -0.4 is 10.6 Å². The highest BCUT2D eigenvalue weighted by atomic mass is 16.3. The number of anilines is 2. The van der Waals surface area contributed by atoms with Crippen LogP contribution in [0.3, 0.4) is 0 Å². The molecule has 2 N–H and O–H groups in total. The molecular formula is C24H27N9O2. The van der Waals surface area contributed by atoms with Crippen molar-refractivity contribution in [1.82, 2.24) is 34.4 Å². The second kappa shape index (κ2) is 8.66. The second-order valence-electron chi connectivity index (χ2n) is 9.02. The van der Waals surface area contributed by atoms with Gasteiger partial charge in [0.2, 0.25) is 23.6 Å². The van der Waals surface area contributed by atoms with Crippen molar-refractivity contribution in [3.8, 4) is 11.6 Å². The molecule has 6 rings (SSSR count). The van der Waals surface area contributed by atoms with Gasteiger partial charge in [0.1, 0.15) is 11.8 Å². The number of piperazine rings is 1. The van der Waals surface area contributed by atoms with E-state index in [2.05, 4.69) is 49.2 Å². The van der Waals surface area contributed by atoms with E-state index in [1.165, 1.54) is 10.1 Å². The number of fused-ring (bicyclic) bond motifs is 1. The monoisotopic (exact) mass is 473 g/mol. The molecule has 0 bridgehead atoms. The lowest BCUT2D eigenvalue weighted by atomic mass is 10.0. The fourth-order valence-corrected chi connectivity index (χ4v) is 4.64. The summed E-state index contributed by atoms with van der Waals surface area (Å²) in [7, 11) is 0. The Hall–Kier alpha value is -3.99. The third-order valence-corrected chi connectivity index (χ3v) is 6.68. The first kappa shape index (κ1) is 21.5. The Kier molecular flexibility index (Phi) is 5.33. The topological polar surface area (TPSA) is 122 Å². The number of hydrogen-bond acceptors (Lipinski definition) is 9. The van der Waals surface area contributed by atoms with Crippen molar-refractivity contribution < 1.29 is 9.21 Å². The maximum absolute atomic E-state index is 13.3. The zero-order chi connectivity index (χ0) is 23.9. The standard InChI is InChI=1S/C24H27N9O2/c1-16-7-8-19(35-16)20-26-24-28-23(27-22(25)33(24)29-20)32-10-9-18(32)21(34)31-13-11-30(12-14-31)15-17-5-3-2-4-6-17/h2-8,18H,9-15H2,1H3,(H2,25,26,27,28,29)/t18-/m0/s1. The highest BCUT2D eigenvalue weighted by Gasteiger charge is 2.39. The maximum atomic E-state index is 13.3. The van der Waals surface area contributed by atoms with Crippen LogP contribution in [-0.4, -0.2) is 79.0 Å². The molecule has 2 aliphatic heterocycles. The summed E-state index contributed by atoms with van der Waals surface area (Å²) in [6.45, 7) is 6.61. The molecular weight excluding hydrogens is 446 g/mol. The lowest BCUT2D eigenvalue weighted by molar-refractivity contribution is -0.135. The SMILES string of the molecule is Cc1ccc(-c2nc3nc(N4CC[C@H]4C(=O)N4CCN(Cc5ccccc5)CC4)nc(N)n3n2)o1. The van der Waals surface area contributed by atoms with Gasteiger partial charge in [0.25, 0.3) is 5.78 Å². The van der Waals surface area contributed by atoms with Gasteiger partial charge in [0, 0.05) is 39.3 Å². The fraction of sp³-hybridized carbons (Fsp3) is 0.375. The molecule has 2 fully saturated rings. The number of hydrogen-bond donors (Lipinski definition) is 1. The van der Waals surface area contributed by atoms with Gasteiger partial charge in [-0.05, 0) is 31.0 Å². The number of furan rings is 1. The molecule has 0 saturated carbocycles. The van der Waals surface area contributed by atoms with E-state index >= 15 is 0 Å². The van der Waals surface area contributed by atoms with Crippen LogP contribution in [0.2, 0.25) is 0 Å². The van der Waals surface area contributed by atoms with E-state index in [0.717, 1.165) is 31.8 Å². The van der Waals surface area contributed by atoms with Crippen molar-refractivity contribution in [2.45, 2.75) is 25.9 Å². The first-order valence-corrected chi connectivity index (χ1v) is 11.8. The number of carbonyl (C=O) groups is 1. The van der Waals surface area contributed by atoms with Gasteiger partial charge >= 0.3 is 0 Å². The molecule has 1 amide bonds. The molecule has 2 saturated heterocycles. The van der Waals surface area contributed by atoms with Crippen molar-refractivity contribution in [3.05, 3.63) is 53.8 Å². The molecule has 0 unspecified atom stereocenters. The van der Waals surface area contributed by atoms with Crippen molar-refractivity contribution in [2.24, 2.45) is 0 Å². The van der Waals surface area contributed by atoms with E-state index in [4.69, 9.17) is 10.2 Å². The van der Waals surface area contributed by atoms with E-state index in [9.17, 15) is 4.79 Å². The van der Waals surface area contributed by atoms with Crippen LogP contribution in [0.25, 0.3) is 17.4 Å². The van der Waals surface area contributed by atoms with Crippen LogP contribution in [0.5, 0.6) is 0 Å². The van der Waals surface area contributed by atoms with E-state index in [1.807, 2.05) is 28.9 Å². The summed E-state index contributed by atoms with van der Waals surface area (Å²) < 4.78 is 7.00. The minimum atomic E-state index is -0.285. The van der Waals surface area contributed by atoms with Crippen LogP contribution in [-0.2, 0) is 11.3 Å². The third kappa shape index (κ3) is 4.08. The molecule has 0 aliphatic carbocycles. The van der Waals surface area contributed by atoms with Crippen LogP contribution >= 0.6 is 0 Å². The molecule has 11 heteroatoms. The average molecular weight is 474 g/mol. The zero-order valence-electron chi connectivity index (χ0n) is 19.5. The summed E-state index contributed by atoms with van der Waals surface area (Å²) in [5.41, 5.74) is 7.46. The van der Waals surface area contributed by atoms with Crippen molar-refractivity contribution in [1.29, 1.82) is 0 Å². The molecule has 2 aliphatic rings. The van der Waals surface area contributed by atoms with Gasteiger partial charge in [-0.1, -0.05) is 30.3 Å². The van der Waals surface area contributed by atoms with Crippen LogP contribution in [0.4, 0.5) is 11.9 Å². The van der Waals surface area contributed by atoms with Gasteiger partial charge in [-0.2, -0.15) is 19.5 Å². The molecule has 5 heterocycles. The third-order valence-electron chi connectivity index (χ3n) is 6.68. The predicted molar refractivity (Wildman–Crippen MR) is 129 cm³/mol. The summed E-state index contributed by atoms with van der Waals surface area (Å²) in [6.07, 6.45) is 0.765. The summed E-state index contributed by atoms with van der Waals surface area (Å²) >= 11 is 0.